The Morgan fingerprint density at radius 3 is 2.80 bits per heavy atom. The molecule has 0 fully saturated rings. The predicted molar refractivity (Wildman–Crippen MR) is 73.8 cm³/mol. The molecule has 98 valence electrons. The Bertz CT molecular complexity index is 891. The van der Waals surface area contributed by atoms with Gasteiger partial charge in [-0.15, -0.1) is 0 Å². The molecule has 1 aliphatic heterocycles. The van der Waals surface area contributed by atoms with E-state index in [1.165, 1.54) is 0 Å². The summed E-state index contributed by atoms with van der Waals surface area (Å²) in [6.45, 7) is 0.544. The SMILES string of the molecule is O=C1c2ccccc2CN1c1ccc2oc(=O)[nH]c2c1. The first-order valence-electron chi connectivity index (χ1n) is 6.25. The summed E-state index contributed by atoms with van der Waals surface area (Å²) in [6, 6.07) is 12.8. The minimum absolute atomic E-state index is 0.0224. The van der Waals surface area contributed by atoms with Gasteiger partial charge in [-0.2, -0.15) is 0 Å². The molecule has 0 aliphatic carbocycles. The summed E-state index contributed by atoms with van der Waals surface area (Å²) in [5, 5.41) is 0. The van der Waals surface area contributed by atoms with Gasteiger partial charge < -0.3 is 9.32 Å². The van der Waals surface area contributed by atoms with Gasteiger partial charge in [0.05, 0.1) is 12.1 Å². The van der Waals surface area contributed by atoms with Crippen molar-refractivity contribution in [3.63, 3.8) is 0 Å². The minimum Gasteiger partial charge on any atom is -0.408 e. The van der Waals surface area contributed by atoms with E-state index in [9.17, 15) is 9.59 Å². The van der Waals surface area contributed by atoms with Gasteiger partial charge in [-0.05, 0) is 29.8 Å². The molecule has 2 heterocycles. The van der Waals surface area contributed by atoms with Crippen LogP contribution in [0.15, 0.2) is 51.7 Å². The van der Waals surface area contributed by atoms with Crippen molar-refractivity contribution in [2.75, 3.05) is 4.90 Å². The molecule has 0 atom stereocenters. The highest BCUT2D eigenvalue weighted by Crippen LogP contribution is 2.29. The molecule has 5 nitrogen and oxygen atoms in total. The number of oxazole rings is 1. The average Bonchev–Trinajstić information content (AvgIpc) is 2.98. The summed E-state index contributed by atoms with van der Waals surface area (Å²) in [7, 11) is 0. The molecule has 1 aliphatic rings. The van der Waals surface area contributed by atoms with E-state index in [0.29, 0.717) is 17.6 Å². The highest BCUT2D eigenvalue weighted by Gasteiger charge is 2.28. The van der Waals surface area contributed by atoms with E-state index in [1.807, 2.05) is 24.3 Å². The molecule has 1 N–H and O–H groups in total. The van der Waals surface area contributed by atoms with Crippen molar-refractivity contribution in [3.05, 3.63) is 64.1 Å². The molecule has 3 aromatic rings. The second kappa shape index (κ2) is 3.84. The lowest BCUT2D eigenvalue weighted by Gasteiger charge is -2.15. The van der Waals surface area contributed by atoms with Crippen molar-refractivity contribution < 1.29 is 9.21 Å². The monoisotopic (exact) mass is 266 g/mol. The van der Waals surface area contributed by atoms with E-state index in [4.69, 9.17) is 4.42 Å². The van der Waals surface area contributed by atoms with Crippen LogP contribution in [0.1, 0.15) is 15.9 Å². The highest BCUT2D eigenvalue weighted by atomic mass is 16.4. The topological polar surface area (TPSA) is 66.3 Å². The smallest absolute Gasteiger partial charge is 0.408 e. The fourth-order valence-electron chi connectivity index (χ4n) is 2.57. The first-order chi connectivity index (χ1) is 9.72. The molecule has 5 heteroatoms. The van der Waals surface area contributed by atoms with Crippen molar-refractivity contribution in [2.45, 2.75) is 6.54 Å². The Kier molecular flexibility index (Phi) is 2.12. The molecule has 0 radical (unpaired) electrons. The summed E-state index contributed by atoms with van der Waals surface area (Å²) in [6.07, 6.45) is 0. The van der Waals surface area contributed by atoms with Crippen LogP contribution in [0.3, 0.4) is 0 Å². The zero-order chi connectivity index (χ0) is 13.7. The Morgan fingerprint density at radius 2 is 1.95 bits per heavy atom. The number of carbonyl (C=O) groups excluding carboxylic acids is 1. The molecule has 20 heavy (non-hydrogen) atoms. The van der Waals surface area contributed by atoms with Crippen LogP contribution in [-0.2, 0) is 6.54 Å². The number of fused-ring (bicyclic) bond motifs is 2. The van der Waals surface area contributed by atoms with Crippen LogP contribution in [0.4, 0.5) is 5.69 Å². The maximum atomic E-state index is 12.4. The predicted octanol–water partition coefficient (Wildman–Crippen LogP) is 2.28. The standard InChI is InChI=1S/C15H10N2O3/c18-14-11-4-2-1-3-9(11)8-17(14)10-5-6-13-12(7-10)16-15(19)20-13/h1-7H,8H2,(H,16,19). The highest BCUT2D eigenvalue weighted by molar-refractivity contribution is 6.10. The van der Waals surface area contributed by atoms with Gasteiger partial charge in [0.15, 0.2) is 5.58 Å². The van der Waals surface area contributed by atoms with Crippen LogP contribution in [0.25, 0.3) is 11.1 Å². The van der Waals surface area contributed by atoms with Crippen LogP contribution in [0, 0.1) is 0 Å². The van der Waals surface area contributed by atoms with Gasteiger partial charge in [0.25, 0.3) is 5.91 Å². The number of aromatic nitrogens is 1. The summed E-state index contributed by atoms with van der Waals surface area (Å²) < 4.78 is 4.96. The molecule has 0 unspecified atom stereocenters. The molecular weight excluding hydrogens is 256 g/mol. The van der Waals surface area contributed by atoms with Crippen LogP contribution in [0.2, 0.25) is 0 Å². The molecular formula is C15H10N2O3. The number of nitrogens with one attached hydrogen (secondary N) is 1. The van der Waals surface area contributed by atoms with E-state index in [1.54, 1.807) is 23.1 Å². The third-order valence-electron chi connectivity index (χ3n) is 3.54. The summed E-state index contributed by atoms with van der Waals surface area (Å²) in [4.78, 5) is 27.8. The van der Waals surface area contributed by atoms with E-state index in [-0.39, 0.29) is 5.91 Å². The second-order valence-electron chi connectivity index (χ2n) is 4.74. The van der Waals surface area contributed by atoms with Crippen molar-refractivity contribution in [3.8, 4) is 0 Å². The van der Waals surface area contributed by atoms with Gasteiger partial charge in [0.2, 0.25) is 0 Å². The number of carbonyl (C=O) groups is 1. The van der Waals surface area contributed by atoms with Crippen molar-refractivity contribution in [2.24, 2.45) is 0 Å². The maximum absolute atomic E-state index is 12.4. The number of rotatable bonds is 1. The van der Waals surface area contributed by atoms with Gasteiger partial charge >= 0.3 is 5.76 Å². The Labute approximate surface area is 113 Å². The molecule has 1 amide bonds. The number of amides is 1. The summed E-state index contributed by atoms with van der Waals surface area (Å²) in [5.41, 5.74) is 3.57. The largest absolute Gasteiger partial charge is 0.417 e. The normalized spacial score (nSPS) is 14.0. The molecule has 0 bridgehead atoms. The lowest BCUT2D eigenvalue weighted by atomic mass is 10.1. The van der Waals surface area contributed by atoms with Gasteiger partial charge in [-0.3, -0.25) is 9.78 Å². The van der Waals surface area contributed by atoms with E-state index >= 15 is 0 Å². The van der Waals surface area contributed by atoms with Gasteiger partial charge in [0, 0.05) is 11.3 Å². The molecule has 4 rings (SSSR count). The number of aromatic amines is 1. The number of nitrogens with zero attached hydrogens (tertiary/aromatic N) is 1. The van der Waals surface area contributed by atoms with E-state index < -0.39 is 5.76 Å². The quantitative estimate of drug-likeness (QED) is 0.734. The first-order valence-corrected chi connectivity index (χ1v) is 6.25. The lowest BCUT2D eigenvalue weighted by Crippen LogP contribution is -2.22. The number of anilines is 1. The zero-order valence-corrected chi connectivity index (χ0v) is 10.4. The maximum Gasteiger partial charge on any atom is 0.417 e. The molecule has 0 saturated carbocycles. The van der Waals surface area contributed by atoms with Crippen molar-refractivity contribution >= 4 is 22.7 Å². The number of hydrogen-bond acceptors (Lipinski definition) is 3. The first kappa shape index (κ1) is 11.0. The third kappa shape index (κ3) is 1.50. The van der Waals surface area contributed by atoms with E-state index in [0.717, 1.165) is 16.8 Å². The van der Waals surface area contributed by atoms with Crippen LogP contribution < -0.4 is 10.7 Å². The number of hydrogen-bond donors (Lipinski definition) is 1. The number of H-pyrrole nitrogens is 1. The Hall–Kier alpha value is -2.82. The number of benzene rings is 2. The molecule has 1 aromatic heterocycles. The van der Waals surface area contributed by atoms with Gasteiger partial charge in [0.1, 0.15) is 0 Å². The summed E-state index contributed by atoms with van der Waals surface area (Å²) in [5.74, 6) is -0.515. The second-order valence-corrected chi connectivity index (χ2v) is 4.74. The van der Waals surface area contributed by atoms with Crippen molar-refractivity contribution in [1.82, 2.24) is 4.98 Å². The fraction of sp³-hybridized carbons (Fsp3) is 0.0667. The van der Waals surface area contributed by atoms with Crippen LogP contribution >= 0.6 is 0 Å². The van der Waals surface area contributed by atoms with Gasteiger partial charge in [-0.1, -0.05) is 18.2 Å². The Balaban J connectivity index is 1.81. The lowest BCUT2D eigenvalue weighted by molar-refractivity contribution is 0.0996. The molecule has 0 saturated heterocycles. The minimum atomic E-state index is -0.492. The Morgan fingerprint density at radius 1 is 1.10 bits per heavy atom. The van der Waals surface area contributed by atoms with Crippen LogP contribution in [-0.4, -0.2) is 10.9 Å². The molecule has 0 spiro atoms. The van der Waals surface area contributed by atoms with Crippen molar-refractivity contribution in [1.29, 1.82) is 0 Å². The van der Waals surface area contributed by atoms with Gasteiger partial charge in [-0.25, -0.2) is 4.79 Å². The van der Waals surface area contributed by atoms with E-state index in [2.05, 4.69) is 4.98 Å². The summed E-state index contributed by atoms with van der Waals surface area (Å²) >= 11 is 0. The zero-order valence-electron chi connectivity index (χ0n) is 10.4. The molecule has 2 aromatic carbocycles. The third-order valence-corrected chi connectivity index (χ3v) is 3.54. The fourth-order valence-corrected chi connectivity index (χ4v) is 2.57. The van der Waals surface area contributed by atoms with Crippen LogP contribution in [0.5, 0.6) is 0 Å². The average molecular weight is 266 g/mol.